The standard InChI is InChI=1S/C11H14O2/c1-7-10-4-3-9(12)6-8(10)2-5-11(7)13/h3-4,6-7,11-13H,2,5H2,1H3. The maximum Gasteiger partial charge on any atom is 0.115 e. The molecule has 1 aliphatic carbocycles. The van der Waals surface area contributed by atoms with Gasteiger partial charge >= 0.3 is 0 Å². The first-order chi connectivity index (χ1) is 6.18. The van der Waals surface area contributed by atoms with Gasteiger partial charge in [-0.1, -0.05) is 13.0 Å². The molecule has 2 rings (SSSR count). The molecule has 2 heteroatoms. The van der Waals surface area contributed by atoms with Crippen LogP contribution in [0.4, 0.5) is 0 Å². The molecule has 0 fully saturated rings. The maximum absolute atomic E-state index is 9.63. The molecular formula is C11H14O2. The predicted molar refractivity (Wildman–Crippen MR) is 50.8 cm³/mol. The number of rotatable bonds is 0. The molecule has 0 amide bonds. The Bertz CT molecular complexity index is 320. The monoisotopic (exact) mass is 178 g/mol. The first kappa shape index (κ1) is 8.57. The fourth-order valence-corrected chi connectivity index (χ4v) is 2.01. The van der Waals surface area contributed by atoms with Crippen LogP contribution in [0.2, 0.25) is 0 Å². The Hall–Kier alpha value is -1.02. The van der Waals surface area contributed by atoms with Crippen LogP contribution in [-0.2, 0) is 6.42 Å². The summed E-state index contributed by atoms with van der Waals surface area (Å²) in [6.07, 6.45) is 1.45. The lowest BCUT2D eigenvalue weighted by Crippen LogP contribution is -2.22. The number of aromatic hydroxyl groups is 1. The molecule has 2 nitrogen and oxygen atoms in total. The van der Waals surface area contributed by atoms with Crippen molar-refractivity contribution >= 4 is 0 Å². The molecule has 70 valence electrons. The predicted octanol–water partition coefficient (Wildman–Crippen LogP) is 1.80. The van der Waals surface area contributed by atoms with Crippen molar-refractivity contribution in [3.05, 3.63) is 29.3 Å². The van der Waals surface area contributed by atoms with Crippen molar-refractivity contribution in [2.24, 2.45) is 0 Å². The average molecular weight is 178 g/mol. The van der Waals surface area contributed by atoms with Crippen LogP contribution in [0.1, 0.15) is 30.4 Å². The van der Waals surface area contributed by atoms with E-state index in [4.69, 9.17) is 0 Å². The molecule has 0 aromatic heterocycles. The van der Waals surface area contributed by atoms with Crippen LogP contribution < -0.4 is 0 Å². The zero-order chi connectivity index (χ0) is 9.42. The van der Waals surface area contributed by atoms with Gasteiger partial charge in [-0.25, -0.2) is 0 Å². The van der Waals surface area contributed by atoms with Crippen molar-refractivity contribution in [3.8, 4) is 5.75 Å². The third-order valence-electron chi connectivity index (χ3n) is 2.90. The van der Waals surface area contributed by atoms with E-state index in [9.17, 15) is 10.2 Å². The number of benzene rings is 1. The van der Waals surface area contributed by atoms with Crippen LogP contribution in [0.15, 0.2) is 18.2 Å². The van der Waals surface area contributed by atoms with Crippen molar-refractivity contribution in [2.45, 2.75) is 31.8 Å². The summed E-state index contributed by atoms with van der Waals surface area (Å²) in [5, 5.41) is 18.9. The van der Waals surface area contributed by atoms with Gasteiger partial charge in [0.15, 0.2) is 0 Å². The topological polar surface area (TPSA) is 40.5 Å². The quantitative estimate of drug-likeness (QED) is 0.636. The lowest BCUT2D eigenvalue weighted by atomic mass is 9.82. The highest BCUT2D eigenvalue weighted by atomic mass is 16.3. The van der Waals surface area contributed by atoms with Gasteiger partial charge in [0.25, 0.3) is 0 Å². The molecule has 0 saturated heterocycles. The van der Waals surface area contributed by atoms with E-state index >= 15 is 0 Å². The highest BCUT2D eigenvalue weighted by molar-refractivity contribution is 5.39. The second-order valence-electron chi connectivity index (χ2n) is 3.78. The molecule has 13 heavy (non-hydrogen) atoms. The Morgan fingerprint density at radius 3 is 2.92 bits per heavy atom. The molecule has 2 N–H and O–H groups in total. The number of phenols is 1. The van der Waals surface area contributed by atoms with Gasteiger partial charge in [0.1, 0.15) is 5.75 Å². The smallest absolute Gasteiger partial charge is 0.115 e. The van der Waals surface area contributed by atoms with Gasteiger partial charge in [-0.05, 0) is 36.1 Å². The molecule has 1 aromatic carbocycles. The fraction of sp³-hybridized carbons (Fsp3) is 0.455. The number of hydrogen-bond donors (Lipinski definition) is 2. The third-order valence-corrected chi connectivity index (χ3v) is 2.90. The number of aryl methyl sites for hydroxylation is 1. The van der Waals surface area contributed by atoms with E-state index in [0.29, 0.717) is 5.75 Å². The van der Waals surface area contributed by atoms with E-state index in [1.165, 1.54) is 11.1 Å². The molecule has 0 heterocycles. The Morgan fingerprint density at radius 2 is 2.15 bits per heavy atom. The van der Waals surface area contributed by atoms with Gasteiger partial charge in [-0.3, -0.25) is 0 Å². The van der Waals surface area contributed by atoms with Gasteiger partial charge in [0.2, 0.25) is 0 Å². The minimum atomic E-state index is -0.225. The molecule has 0 bridgehead atoms. The van der Waals surface area contributed by atoms with Gasteiger partial charge < -0.3 is 10.2 Å². The van der Waals surface area contributed by atoms with Crippen molar-refractivity contribution < 1.29 is 10.2 Å². The number of hydrogen-bond acceptors (Lipinski definition) is 2. The lowest BCUT2D eigenvalue weighted by Gasteiger charge is -2.27. The third kappa shape index (κ3) is 1.42. The molecule has 1 aliphatic rings. The number of aliphatic hydroxyl groups is 1. The normalized spacial score (nSPS) is 26.9. The van der Waals surface area contributed by atoms with Crippen LogP contribution >= 0.6 is 0 Å². The SMILES string of the molecule is CC1c2ccc(O)cc2CCC1O. The van der Waals surface area contributed by atoms with Gasteiger partial charge in [-0.15, -0.1) is 0 Å². The van der Waals surface area contributed by atoms with Crippen molar-refractivity contribution in [2.75, 3.05) is 0 Å². The number of phenolic OH excluding ortho intramolecular Hbond substituents is 1. The van der Waals surface area contributed by atoms with Crippen LogP contribution in [-0.4, -0.2) is 16.3 Å². The number of fused-ring (bicyclic) bond motifs is 1. The first-order valence-electron chi connectivity index (χ1n) is 4.68. The minimum absolute atomic E-state index is 0.198. The molecule has 2 atom stereocenters. The van der Waals surface area contributed by atoms with Crippen LogP contribution in [0.5, 0.6) is 5.75 Å². The summed E-state index contributed by atoms with van der Waals surface area (Å²) in [4.78, 5) is 0. The van der Waals surface area contributed by atoms with Gasteiger partial charge in [0.05, 0.1) is 6.10 Å². The van der Waals surface area contributed by atoms with E-state index in [-0.39, 0.29) is 12.0 Å². The molecular weight excluding hydrogens is 164 g/mol. The van der Waals surface area contributed by atoms with Crippen LogP contribution in [0.25, 0.3) is 0 Å². The lowest BCUT2D eigenvalue weighted by molar-refractivity contribution is 0.132. The maximum atomic E-state index is 9.63. The van der Waals surface area contributed by atoms with Crippen molar-refractivity contribution in [1.29, 1.82) is 0 Å². The summed E-state index contributed by atoms with van der Waals surface area (Å²) in [7, 11) is 0. The molecule has 0 radical (unpaired) electrons. The Morgan fingerprint density at radius 1 is 1.38 bits per heavy atom. The fourth-order valence-electron chi connectivity index (χ4n) is 2.01. The van der Waals surface area contributed by atoms with Crippen LogP contribution in [0.3, 0.4) is 0 Å². The van der Waals surface area contributed by atoms with Gasteiger partial charge in [0, 0.05) is 5.92 Å². The molecule has 0 spiro atoms. The second kappa shape index (κ2) is 3.04. The number of aliphatic hydroxyl groups excluding tert-OH is 1. The highest BCUT2D eigenvalue weighted by Gasteiger charge is 2.24. The Labute approximate surface area is 77.8 Å². The summed E-state index contributed by atoms with van der Waals surface area (Å²) >= 11 is 0. The molecule has 2 unspecified atom stereocenters. The second-order valence-corrected chi connectivity index (χ2v) is 3.78. The van der Waals surface area contributed by atoms with Crippen molar-refractivity contribution in [1.82, 2.24) is 0 Å². The zero-order valence-corrected chi connectivity index (χ0v) is 7.70. The van der Waals surface area contributed by atoms with E-state index in [1.807, 2.05) is 13.0 Å². The molecule has 1 aromatic rings. The largest absolute Gasteiger partial charge is 0.508 e. The Kier molecular flexibility index (Phi) is 2.00. The van der Waals surface area contributed by atoms with Crippen LogP contribution in [0, 0.1) is 0 Å². The van der Waals surface area contributed by atoms with E-state index in [0.717, 1.165) is 12.8 Å². The summed E-state index contributed by atoms with van der Waals surface area (Å²) in [6.45, 7) is 2.03. The van der Waals surface area contributed by atoms with Crippen molar-refractivity contribution in [3.63, 3.8) is 0 Å². The summed E-state index contributed by atoms with van der Waals surface area (Å²) in [5.41, 5.74) is 2.36. The van der Waals surface area contributed by atoms with Gasteiger partial charge in [-0.2, -0.15) is 0 Å². The zero-order valence-electron chi connectivity index (χ0n) is 7.70. The molecule has 0 saturated carbocycles. The first-order valence-corrected chi connectivity index (χ1v) is 4.68. The van der Waals surface area contributed by atoms with E-state index in [2.05, 4.69) is 0 Å². The molecule has 0 aliphatic heterocycles. The summed E-state index contributed by atoms with van der Waals surface area (Å²) in [5.74, 6) is 0.520. The minimum Gasteiger partial charge on any atom is -0.508 e. The van der Waals surface area contributed by atoms with E-state index in [1.54, 1.807) is 12.1 Å². The summed E-state index contributed by atoms with van der Waals surface area (Å²) in [6, 6.07) is 5.41. The summed E-state index contributed by atoms with van der Waals surface area (Å²) < 4.78 is 0. The van der Waals surface area contributed by atoms with E-state index < -0.39 is 0 Å². The highest BCUT2D eigenvalue weighted by Crippen LogP contribution is 2.33. The average Bonchev–Trinajstić information content (AvgIpc) is 2.12. The Balaban J connectivity index is 2.44.